The number of carbonyl (C=O) groups is 1. The Balaban J connectivity index is 2.67. The first-order valence-electron chi connectivity index (χ1n) is 6.43. The highest BCUT2D eigenvalue weighted by Crippen LogP contribution is 2.17. The number of amides is 1. The fraction of sp³-hybridized carbons (Fsp3) is 0.462. The zero-order chi connectivity index (χ0) is 16.0. The van der Waals surface area contributed by atoms with Crippen molar-refractivity contribution in [1.29, 1.82) is 0 Å². The Labute approximate surface area is 134 Å². The van der Waals surface area contributed by atoms with Gasteiger partial charge in [-0.25, -0.2) is 8.42 Å². The molecule has 0 fully saturated rings. The molecule has 1 aromatic carbocycles. The van der Waals surface area contributed by atoms with Crippen molar-refractivity contribution in [2.45, 2.75) is 17.9 Å². The van der Waals surface area contributed by atoms with Crippen LogP contribution in [0.1, 0.15) is 6.92 Å². The summed E-state index contributed by atoms with van der Waals surface area (Å²) in [6.45, 7) is 2.15. The van der Waals surface area contributed by atoms with Crippen molar-refractivity contribution < 1.29 is 13.2 Å². The van der Waals surface area contributed by atoms with Crippen molar-refractivity contribution in [1.82, 2.24) is 14.9 Å². The average Bonchev–Trinajstić information content (AvgIpc) is 2.45. The summed E-state index contributed by atoms with van der Waals surface area (Å²) < 4.78 is 26.4. The van der Waals surface area contributed by atoms with E-state index >= 15 is 0 Å². The lowest BCUT2D eigenvalue weighted by Gasteiger charge is -2.18. The van der Waals surface area contributed by atoms with E-state index in [9.17, 15) is 13.2 Å². The number of nitrogens with zero attached hydrogens (tertiary/aromatic N) is 1. The van der Waals surface area contributed by atoms with Crippen LogP contribution >= 0.6 is 15.9 Å². The molecule has 21 heavy (non-hydrogen) atoms. The van der Waals surface area contributed by atoms with Gasteiger partial charge in [0.15, 0.2) is 0 Å². The summed E-state index contributed by atoms with van der Waals surface area (Å²) in [5, 5.41) is 5.67. The maximum Gasteiger partial charge on any atom is 0.243 e. The van der Waals surface area contributed by atoms with Gasteiger partial charge in [0.25, 0.3) is 0 Å². The van der Waals surface area contributed by atoms with Crippen LogP contribution < -0.4 is 10.6 Å². The third kappa shape index (κ3) is 5.39. The lowest BCUT2D eigenvalue weighted by molar-refractivity contribution is -0.121. The van der Waals surface area contributed by atoms with Gasteiger partial charge in [0, 0.05) is 24.1 Å². The van der Waals surface area contributed by atoms with Gasteiger partial charge < -0.3 is 10.6 Å². The summed E-state index contributed by atoms with van der Waals surface area (Å²) in [5.41, 5.74) is 0. The summed E-state index contributed by atoms with van der Waals surface area (Å²) in [7, 11) is -0.479. The number of benzene rings is 1. The van der Waals surface area contributed by atoms with Crippen LogP contribution in [-0.4, -0.2) is 51.9 Å². The smallest absolute Gasteiger partial charge is 0.243 e. The number of sulfonamides is 1. The molecule has 0 aliphatic carbocycles. The first kappa shape index (κ1) is 18.1. The van der Waals surface area contributed by atoms with E-state index in [4.69, 9.17) is 0 Å². The van der Waals surface area contributed by atoms with Crippen LogP contribution in [-0.2, 0) is 14.8 Å². The number of likely N-dealkylation sites (N-methyl/N-ethyl adjacent to an activating group) is 2. The molecule has 0 spiro atoms. The summed E-state index contributed by atoms with van der Waals surface area (Å²) in [5.74, 6) is -0.333. The molecule has 6 nitrogen and oxygen atoms in total. The van der Waals surface area contributed by atoms with Gasteiger partial charge in [0.2, 0.25) is 15.9 Å². The first-order chi connectivity index (χ1) is 9.77. The van der Waals surface area contributed by atoms with Crippen LogP contribution in [0.3, 0.4) is 0 Å². The van der Waals surface area contributed by atoms with Crippen LogP contribution in [0.15, 0.2) is 33.6 Å². The Hall–Kier alpha value is -0.960. The van der Waals surface area contributed by atoms with Crippen LogP contribution in [0.5, 0.6) is 0 Å². The van der Waals surface area contributed by atoms with Crippen LogP contribution in [0.4, 0.5) is 0 Å². The summed E-state index contributed by atoms with van der Waals surface area (Å²) >= 11 is 3.25. The Morgan fingerprint density at radius 3 is 2.43 bits per heavy atom. The van der Waals surface area contributed by atoms with Crippen LogP contribution in [0.25, 0.3) is 0 Å². The van der Waals surface area contributed by atoms with Crippen molar-refractivity contribution in [2.24, 2.45) is 0 Å². The predicted molar refractivity (Wildman–Crippen MR) is 85.5 cm³/mol. The molecule has 1 aromatic rings. The molecular formula is C13H20BrN3O3S. The molecular weight excluding hydrogens is 358 g/mol. The summed E-state index contributed by atoms with van der Waals surface area (Å²) in [4.78, 5) is 11.9. The Bertz CT molecular complexity index is 575. The third-order valence-corrected chi connectivity index (χ3v) is 5.33. The zero-order valence-electron chi connectivity index (χ0n) is 12.3. The summed E-state index contributed by atoms with van der Waals surface area (Å²) in [6.07, 6.45) is 0. The second kappa shape index (κ2) is 7.88. The molecule has 0 saturated heterocycles. The standard InChI is InChI=1S/C13H20BrN3O3S/c1-10(15-2)8-16-13(18)9-17(3)21(19,20)12-6-4-11(14)5-7-12/h4-7,10,15H,8-9H2,1-3H3,(H,16,18). The number of halogens is 1. The van der Waals surface area contributed by atoms with Crippen LogP contribution in [0.2, 0.25) is 0 Å². The van der Waals surface area contributed by atoms with E-state index in [1.54, 1.807) is 19.2 Å². The van der Waals surface area contributed by atoms with Crippen molar-refractivity contribution in [3.63, 3.8) is 0 Å². The number of nitrogens with one attached hydrogen (secondary N) is 2. The molecule has 0 heterocycles. The number of hydrogen-bond donors (Lipinski definition) is 2. The maximum absolute atomic E-state index is 12.3. The van der Waals surface area contributed by atoms with Crippen molar-refractivity contribution in [3.05, 3.63) is 28.7 Å². The fourth-order valence-corrected chi connectivity index (χ4v) is 2.89. The van der Waals surface area contributed by atoms with Gasteiger partial charge >= 0.3 is 0 Å². The average molecular weight is 378 g/mol. The van der Waals surface area contributed by atoms with E-state index < -0.39 is 10.0 Å². The molecule has 0 saturated carbocycles. The van der Waals surface area contributed by atoms with Gasteiger partial charge in [0.1, 0.15) is 0 Å². The molecule has 1 amide bonds. The SMILES string of the molecule is CNC(C)CNC(=O)CN(C)S(=O)(=O)c1ccc(Br)cc1. The van der Waals surface area contributed by atoms with Gasteiger partial charge in [-0.05, 0) is 38.2 Å². The van der Waals surface area contributed by atoms with Gasteiger partial charge in [-0.15, -0.1) is 0 Å². The third-order valence-electron chi connectivity index (χ3n) is 2.99. The first-order valence-corrected chi connectivity index (χ1v) is 8.66. The number of hydrogen-bond acceptors (Lipinski definition) is 4. The minimum absolute atomic E-state index is 0.127. The highest BCUT2D eigenvalue weighted by atomic mass is 79.9. The second-order valence-corrected chi connectivity index (χ2v) is 7.67. The number of carbonyl (C=O) groups excluding carboxylic acids is 1. The molecule has 1 rings (SSSR count). The Morgan fingerprint density at radius 2 is 1.90 bits per heavy atom. The molecule has 0 aliphatic rings. The predicted octanol–water partition coefficient (Wildman–Crippen LogP) is 0.794. The quantitative estimate of drug-likeness (QED) is 0.736. The van der Waals surface area contributed by atoms with E-state index in [1.165, 1.54) is 19.2 Å². The van der Waals surface area contributed by atoms with E-state index in [2.05, 4.69) is 26.6 Å². The highest BCUT2D eigenvalue weighted by molar-refractivity contribution is 9.10. The van der Waals surface area contributed by atoms with Gasteiger partial charge in [0.05, 0.1) is 11.4 Å². The van der Waals surface area contributed by atoms with Crippen LogP contribution in [0, 0.1) is 0 Å². The molecule has 0 aromatic heterocycles. The lowest BCUT2D eigenvalue weighted by atomic mass is 10.3. The molecule has 2 N–H and O–H groups in total. The topological polar surface area (TPSA) is 78.5 Å². The van der Waals surface area contributed by atoms with E-state index in [1.807, 2.05) is 6.92 Å². The largest absolute Gasteiger partial charge is 0.353 e. The minimum atomic E-state index is -3.66. The van der Waals surface area contributed by atoms with E-state index in [0.29, 0.717) is 6.54 Å². The zero-order valence-corrected chi connectivity index (χ0v) is 14.7. The lowest BCUT2D eigenvalue weighted by Crippen LogP contribution is -2.42. The van der Waals surface area contributed by atoms with Crippen molar-refractivity contribution in [2.75, 3.05) is 27.2 Å². The Morgan fingerprint density at radius 1 is 1.33 bits per heavy atom. The molecule has 8 heteroatoms. The van der Waals surface area contributed by atoms with Crippen molar-refractivity contribution in [3.8, 4) is 0 Å². The fourth-order valence-electron chi connectivity index (χ4n) is 1.50. The minimum Gasteiger partial charge on any atom is -0.353 e. The molecule has 0 aliphatic heterocycles. The maximum atomic E-state index is 12.3. The molecule has 0 bridgehead atoms. The molecule has 118 valence electrons. The number of rotatable bonds is 7. The summed E-state index contributed by atoms with van der Waals surface area (Å²) in [6, 6.07) is 6.42. The normalized spacial score (nSPS) is 13.2. The Kier molecular flexibility index (Phi) is 6.79. The monoisotopic (exact) mass is 377 g/mol. The van der Waals surface area contributed by atoms with E-state index in [0.717, 1.165) is 8.78 Å². The molecule has 1 unspecified atom stereocenters. The van der Waals surface area contributed by atoms with Gasteiger partial charge in [-0.2, -0.15) is 4.31 Å². The molecule has 0 radical (unpaired) electrons. The van der Waals surface area contributed by atoms with Gasteiger partial charge in [-0.3, -0.25) is 4.79 Å². The highest BCUT2D eigenvalue weighted by Gasteiger charge is 2.22. The second-order valence-electron chi connectivity index (χ2n) is 4.71. The van der Waals surface area contributed by atoms with Crippen molar-refractivity contribution >= 4 is 31.9 Å². The molecule has 1 atom stereocenters. The van der Waals surface area contributed by atoms with E-state index in [-0.39, 0.29) is 23.4 Å². The van der Waals surface area contributed by atoms with Gasteiger partial charge in [-0.1, -0.05) is 15.9 Å².